The number of carbonyl (C=O) groups is 2. The molecule has 1 amide bonds. The molecule has 2 saturated heterocycles. The number of thioether (sulfide) groups is 1. The van der Waals surface area contributed by atoms with Crippen LogP contribution in [-0.4, -0.2) is 44.7 Å². The van der Waals surface area contributed by atoms with Gasteiger partial charge in [-0.1, -0.05) is 60.7 Å². The number of fused-ring (bicyclic) bond motifs is 1. The lowest BCUT2D eigenvalue weighted by atomic mass is 9.96. The lowest BCUT2D eigenvalue weighted by molar-refractivity contribution is -0.164. The van der Waals surface area contributed by atoms with E-state index >= 15 is 0 Å². The van der Waals surface area contributed by atoms with Crippen molar-refractivity contribution in [2.24, 2.45) is 0 Å². The van der Waals surface area contributed by atoms with Crippen LogP contribution in [0.15, 0.2) is 60.7 Å². The number of esters is 1. The van der Waals surface area contributed by atoms with Gasteiger partial charge in [-0.15, -0.1) is 11.8 Å². The number of amides is 1. The highest BCUT2D eigenvalue weighted by molar-refractivity contribution is 8.01. The molecule has 2 aliphatic heterocycles. The molecule has 0 bridgehead atoms. The summed E-state index contributed by atoms with van der Waals surface area (Å²) >= 11 is 1.48. The topological polar surface area (TPSA) is 66.8 Å². The molecule has 1 N–H and O–H groups in total. The van der Waals surface area contributed by atoms with E-state index in [4.69, 9.17) is 4.74 Å². The van der Waals surface area contributed by atoms with Gasteiger partial charge in [0, 0.05) is 0 Å². The minimum Gasteiger partial charge on any atom is -0.451 e. The summed E-state index contributed by atoms with van der Waals surface area (Å²) in [4.78, 5) is 26.8. The summed E-state index contributed by atoms with van der Waals surface area (Å²) in [7, 11) is 0. The van der Waals surface area contributed by atoms with Gasteiger partial charge in [0.15, 0.2) is 6.10 Å². The molecular weight excluding hydrogens is 362 g/mol. The van der Waals surface area contributed by atoms with Crippen molar-refractivity contribution in [1.29, 1.82) is 0 Å². The molecule has 2 aliphatic rings. The number of benzene rings is 2. The molecule has 0 unspecified atom stereocenters. The SMILES string of the molecule is C[C@]1(CO)S[C@@H]2CC(=O)N2[C@H]1C(=O)OC(c1ccccc1)c1ccccc1. The molecule has 0 radical (unpaired) electrons. The second-order valence-corrected chi connectivity index (χ2v) is 8.80. The van der Waals surface area contributed by atoms with E-state index < -0.39 is 22.9 Å². The Morgan fingerprint density at radius 2 is 1.74 bits per heavy atom. The average molecular weight is 383 g/mol. The fourth-order valence-electron chi connectivity index (χ4n) is 3.73. The van der Waals surface area contributed by atoms with Gasteiger partial charge in [0.25, 0.3) is 0 Å². The molecule has 3 atom stereocenters. The Bertz CT molecular complexity index is 804. The zero-order valence-corrected chi connectivity index (χ0v) is 15.8. The highest BCUT2D eigenvalue weighted by atomic mass is 32.2. The molecule has 2 aromatic rings. The van der Waals surface area contributed by atoms with E-state index in [0.29, 0.717) is 6.42 Å². The molecule has 0 aliphatic carbocycles. The highest BCUT2D eigenvalue weighted by Gasteiger charge is 2.61. The molecule has 6 heteroatoms. The van der Waals surface area contributed by atoms with Gasteiger partial charge in [-0.3, -0.25) is 4.79 Å². The molecule has 0 spiro atoms. The van der Waals surface area contributed by atoms with Crippen LogP contribution in [0.1, 0.15) is 30.6 Å². The van der Waals surface area contributed by atoms with Crippen molar-refractivity contribution in [3.05, 3.63) is 71.8 Å². The quantitative estimate of drug-likeness (QED) is 0.635. The van der Waals surface area contributed by atoms with Crippen molar-refractivity contribution < 1.29 is 19.4 Å². The van der Waals surface area contributed by atoms with Crippen molar-refractivity contribution in [3.8, 4) is 0 Å². The van der Waals surface area contributed by atoms with E-state index in [0.717, 1.165) is 11.1 Å². The maximum Gasteiger partial charge on any atom is 0.331 e. The van der Waals surface area contributed by atoms with Gasteiger partial charge >= 0.3 is 5.97 Å². The Kier molecular flexibility index (Phi) is 4.70. The summed E-state index contributed by atoms with van der Waals surface area (Å²) < 4.78 is 5.19. The van der Waals surface area contributed by atoms with E-state index in [1.54, 1.807) is 4.90 Å². The second kappa shape index (κ2) is 7.02. The standard InChI is InChI=1S/C21H21NO4S/c1-21(13-23)19(22-16(24)12-17(22)27-21)20(25)26-18(14-8-4-2-5-9-14)15-10-6-3-7-11-15/h2-11,17-19,23H,12-13H2,1H3/t17-,19+,21-/m1/s1. The summed E-state index contributed by atoms with van der Waals surface area (Å²) in [5, 5.41) is 9.84. The Balaban J connectivity index is 1.65. The first-order chi connectivity index (χ1) is 13.0. The van der Waals surface area contributed by atoms with Crippen LogP contribution >= 0.6 is 11.8 Å². The Hall–Kier alpha value is -2.31. The van der Waals surface area contributed by atoms with Crippen LogP contribution in [-0.2, 0) is 14.3 Å². The highest BCUT2D eigenvalue weighted by Crippen LogP contribution is 2.51. The number of hydrogen-bond acceptors (Lipinski definition) is 5. The normalized spacial score (nSPS) is 26.6. The first kappa shape index (κ1) is 18.1. The van der Waals surface area contributed by atoms with E-state index in [2.05, 4.69) is 0 Å². The van der Waals surface area contributed by atoms with Crippen molar-refractivity contribution in [2.45, 2.75) is 35.6 Å². The van der Waals surface area contributed by atoms with E-state index in [-0.39, 0.29) is 17.9 Å². The minimum atomic E-state index is -0.784. The van der Waals surface area contributed by atoms with Gasteiger partial charge in [-0.2, -0.15) is 0 Å². The number of aliphatic hydroxyl groups excluding tert-OH is 1. The monoisotopic (exact) mass is 383 g/mol. The smallest absolute Gasteiger partial charge is 0.331 e. The number of hydrogen-bond donors (Lipinski definition) is 1. The zero-order valence-electron chi connectivity index (χ0n) is 14.9. The van der Waals surface area contributed by atoms with Crippen molar-refractivity contribution in [3.63, 3.8) is 0 Å². The lowest BCUT2D eigenvalue weighted by Gasteiger charge is -2.38. The number of carbonyl (C=O) groups excluding carboxylic acids is 2. The molecule has 2 fully saturated rings. The van der Waals surface area contributed by atoms with Gasteiger partial charge in [0.1, 0.15) is 6.04 Å². The van der Waals surface area contributed by atoms with Crippen LogP contribution in [0.5, 0.6) is 0 Å². The largest absolute Gasteiger partial charge is 0.451 e. The summed E-state index contributed by atoms with van der Waals surface area (Å²) in [6, 6.07) is 18.3. The number of nitrogens with zero attached hydrogens (tertiary/aromatic N) is 1. The van der Waals surface area contributed by atoms with Crippen LogP contribution in [0.25, 0.3) is 0 Å². The Morgan fingerprint density at radius 1 is 1.19 bits per heavy atom. The summed E-state index contributed by atoms with van der Waals surface area (Å²) in [6.45, 7) is 1.62. The van der Waals surface area contributed by atoms with Crippen molar-refractivity contribution in [2.75, 3.05) is 6.61 Å². The van der Waals surface area contributed by atoms with Gasteiger partial charge in [-0.25, -0.2) is 4.79 Å². The molecule has 0 saturated carbocycles. The second-order valence-electron chi connectivity index (χ2n) is 7.09. The summed E-state index contributed by atoms with van der Waals surface area (Å²) in [5.74, 6) is -0.546. The third kappa shape index (κ3) is 3.13. The van der Waals surface area contributed by atoms with E-state index in [1.807, 2.05) is 67.6 Å². The van der Waals surface area contributed by atoms with Crippen molar-refractivity contribution >= 4 is 23.6 Å². The third-order valence-corrected chi connectivity index (χ3v) is 6.74. The number of aliphatic hydroxyl groups is 1. The van der Waals surface area contributed by atoms with Crippen LogP contribution in [0.2, 0.25) is 0 Å². The molecule has 0 aromatic heterocycles. The van der Waals surface area contributed by atoms with Crippen LogP contribution in [0, 0.1) is 0 Å². The molecule has 27 heavy (non-hydrogen) atoms. The summed E-state index contributed by atoms with van der Waals surface area (Å²) in [6.07, 6.45) is -0.159. The molecule has 2 heterocycles. The number of β-lactam (4-membered cyclic amide) rings is 1. The lowest BCUT2D eigenvalue weighted by Crippen LogP contribution is -2.58. The fraction of sp³-hybridized carbons (Fsp3) is 0.333. The fourth-order valence-corrected chi connectivity index (χ4v) is 5.34. The van der Waals surface area contributed by atoms with E-state index in [9.17, 15) is 14.7 Å². The first-order valence-electron chi connectivity index (χ1n) is 8.94. The molecule has 4 rings (SSSR count). The van der Waals surface area contributed by atoms with E-state index in [1.165, 1.54) is 11.8 Å². The van der Waals surface area contributed by atoms with Gasteiger partial charge in [0.05, 0.1) is 23.1 Å². The predicted octanol–water partition coefficient (Wildman–Crippen LogP) is 2.74. The Morgan fingerprint density at radius 3 is 2.22 bits per heavy atom. The van der Waals surface area contributed by atoms with Gasteiger partial charge in [-0.05, 0) is 18.1 Å². The maximum absolute atomic E-state index is 13.2. The first-order valence-corrected chi connectivity index (χ1v) is 9.82. The van der Waals surface area contributed by atoms with Crippen molar-refractivity contribution in [1.82, 2.24) is 4.90 Å². The molecule has 140 valence electrons. The molecular formula is C21H21NO4S. The van der Waals surface area contributed by atoms with Crippen LogP contribution in [0.4, 0.5) is 0 Å². The zero-order chi connectivity index (χ0) is 19.0. The maximum atomic E-state index is 13.2. The Labute approximate surface area is 162 Å². The summed E-state index contributed by atoms with van der Waals surface area (Å²) in [5.41, 5.74) is 1.72. The molecule has 5 nitrogen and oxygen atoms in total. The minimum absolute atomic E-state index is 0.0564. The molecule has 2 aromatic carbocycles. The van der Waals surface area contributed by atoms with Crippen LogP contribution in [0.3, 0.4) is 0 Å². The third-order valence-electron chi connectivity index (χ3n) is 5.19. The number of ether oxygens (including phenoxy) is 1. The predicted molar refractivity (Wildman–Crippen MR) is 103 cm³/mol. The van der Waals surface area contributed by atoms with Gasteiger partial charge in [0.2, 0.25) is 5.91 Å². The van der Waals surface area contributed by atoms with Crippen LogP contribution < -0.4 is 0 Å². The van der Waals surface area contributed by atoms with Gasteiger partial charge < -0.3 is 14.7 Å². The average Bonchev–Trinajstić information content (AvgIpc) is 2.95. The number of rotatable bonds is 5.